The maximum Gasteiger partial charge on any atom is 0.237 e. The van der Waals surface area contributed by atoms with Gasteiger partial charge in [-0.1, -0.05) is 0 Å². The second-order valence-electron chi connectivity index (χ2n) is 4.53. The maximum atomic E-state index is 11.7. The normalized spacial score (nSPS) is 34.6. The number of rotatable bonds is 1. The third-order valence-electron chi connectivity index (χ3n) is 3.04. The lowest BCUT2D eigenvalue weighted by atomic mass is 10.1. The molecule has 86 valence electrons. The number of carbonyl (C=O) groups is 1. The Bertz CT molecular complexity index is 377. The van der Waals surface area contributed by atoms with Crippen LogP contribution in [-0.2, 0) is 14.6 Å². The van der Waals surface area contributed by atoms with E-state index in [-0.39, 0.29) is 42.1 Å². The summed E-state index contributed by atoms with van der Waals surface area (Å²) < 4.78 is 23.0. The molecule has 2 heterocycles. The van der Waals surface area contributed by atoms with Crippen LogP contribution >= 0.6 is 0 Å². The van der Waals surface area contributed by atoms with Gasteiger partial charge in [0.15, 0.2) is 9.84 Å². The van der Waals surface area contributed by atoms with Crippen LogP contribution in [0.15, 0.2) is 0 Å². The number of carbonyl (C=O) groups excluding carboxylic acids is 1. The molecule has 2 saturated heterocycles. The summed E-state index contributed by atoms with van der Waals surface area (Å²) in [5, 5.41) is 3.00. The maximum absolute atomic E-state index is 11.7. The van der Waals surface area contributed by atoms with Crippen molar-refractivity contribution in [1.29, 1.82) is 0 Å². The fourth-order valence-electron chi connectivity index (χ4n) is 2.46. The van der Waals surface area contributed by atoms with Crippen molar-refractivity contribution in [3.8, 4) is 0 Å². The summed E-state index contributed by atoms with van der Waals surface area (Å²) in [7, 11) is -2.98. The number of hydrogen-bond acceptors (Lipinski definition) is 4. The van der Waals surface area contributed by atoms with Crippen molar-refractivity contribution in [2.75, 3.05) is 18.1 Å². The summed E-state index contributed by atoms with van der Waals surface area (Å²) in [6.45, 7) is 4.10. The Kier molecular flexibility index (Phi) is 2.50. The third-order valence-corrected chi connectivity index (χ3v) is 4.76. The monoisotopic (exact) mass is 232 g/mol. The Morgan fingerprint density at radius 2 is 2.07 bits per heavy atom. The molecule has 1 amide bonds. The molecule has 2 aliphatic rings. The molecule has 1 N–H and O–H groups in total. The molecule has 0 spiro atoms. The Hall–Kier alpha value is -0.620. The van der Waals surface area contributed by atoms with E-state index in [1.165, 1.54) is 0 Å². The molecule has 5 nitrogen and oxygen atoms in total. The van der Waals surface area contributed by atoms with Crippen LogP contribution in [-0.4, -0.2) is 55.4 Å². The Balaban J connectivity index is 2.27. The van der Waals surface area contributed by atoms with Crippen LogP contribution in [0.4, 0.5) is 0 Å². The number of sulfone groups is 1. The van der Waals surface area contributed by atoms with Crippen molar-refractivity contribution in [1.82, 2.24) is 10.2 Å². The minimum atomic E-state index is -2.98. The summed E-state index contributed by atoms with van der Waals surface area (Å²) in [5.74, 6) is 0.270. The van der Waals surface area contributed by atoms with Gasteiger partial charge in [-0.25, -0.2) is 8.42 Å². The summed E-state index contributed by atoms with van der Waals surface area (Å²) in [5.41, 5.74) is 0. The van der Waals surface area contributed by atoms with Gasteiger partial charge in [0.25, 0.3) is 0 Å². The number of hydrogen-bond donors (Lipinski definition) is 1. The van der Waals surface area contributed by atoms with Gasteiger partial charge in [0, 0.05) is 12.1 Å². The number of amides is 1. The van der Waals surface area contributed by atoms with Crippen molar-refractivity contribution in [3.05, 3.63) is 0 Å². The highest BCUT2D eigenvalue weighted by Crippen LogP contribution is 2.23. The van der Waals surface area contributed by atoms with Crippen LogP contribution in [0.1, 0.15) is 13.8 Å². The Labute approximate surface area is 89.7 Å². The molecule has 0 aliphatic carbocycles. The van der Waals surface area contributed by atoms with Gasteiger partial charge in [0.05, 0.1) is 24.1 Å². The third kappa shape index (κ3) is 1.88. The summed E-state index contributed by atoms with van der Waals surface area (Å²) in [6, 6.07) is -0.174. The van der Waals surface area contributed by atoms with Crippen molar-refractivity contribution >= 4 is 15.7 Å². The van der Waals surface area contributed by atoms with E-state index >= 15 is 0 Å². The molecule has 0 bridgehead atoms. The van der Waals surface area contributed by atoms with Gasteiger partial charge in [-0.2, -0.15) is 0 Å². The number of nitrogens with one attached hydrogen (secondary N) is 1. The van der Waals surface area contributed by atoms with Crippen molar-refractivity contribution in [2.24, 2.45) is 0 Å². The van der Waals surface area contributed by atoms with E-state index in [9.17, 15) is 13.2 Å². The molecule has 0 aromatic rings. The second-order valence-corrected chi connectivity index (χ2v) is 6.68. The fourth-order valence-corrected chi connectivity index (χ4v) is 4.40. The average Bonchev–Trinajstić information content (AvgIpc) is 2.37. The molecule has 6 heteroatoms. The zero-order valence-corrected chi connectivity index (χ0v) is 9.75. The van der Waals surface area contributed by atoms with Crippen molar-refractivity contribution in [3.63, 3.8) is 0 Å². The fraction of sp³-hybridized carbons (Fsp3) is 0.889. The molecule has 2 fully saturated rings. The minimum Gasteiger partial charge on any atom is -0.334 e. The molecule has 2 aliphatic heterocycles. The first-order valence-electron chi connectivity index (χ1n) is 5.16. The molecule has 2 atom stereocenters. The molecule has 0 radical (unpaired) electrons. The molecule has 15 heavy (non-hydrogen) atoms. The standard InChI is InChI=1S/C9H16N2O3S/c1-6(2)11-8-5-15(13,14)4-7(8)10-3-9(11)12/h6-8,10H,3-5H2,1-2H3. The van der Waals surface area contributed by atoms with Crippen LogP contribution in [0.3, 0.4) is 0 Å². The Morgan fingerprint density at radius 3 is 2.67 bits per heavy atom. The number of nitrogens with zero attached hydrogens (tertiary/aromatic N) is 1. The van der Waals surface area contributed by atoms with E-state index in [0.717, 1.165) is 0 Å². The minimum absolute atomic E-state index is 0.00310. The SMILES string of the molecule is CC(C)N1C(=O)CNC2CS(=O)(=O)CC21. The first kappa shape index (κ1) is 10.9. The summed E-state index contributed by atoms with van der Waals surface area (Å²) in [6.07, 6.45) is 0. The molecule has 2 unspecified atom stereocenters. The first-order chi connectivity index (χ1) is 6.91. The van der Waals surface area contributed by atoms with E-state index in [0.29, 0.717) is 0 Å². The quantitative estimate of drug-likeness (QED) is 0.629. The van der Waals surface area contributed by atoms with Crippen LogP contribution in [0.2, 0.25) is 0 Å². The van der Waals surface area contributed by atoms with Gasteiger partial charge in [-0.15, -0.1) is 0 Å². The van der Waals surface area contributed by atoms with Gasteiger partial charge in [-0.3, -0.25) is 4.79 Å². The van der Waals surface area contributed by atoms with E-state index < -0.39 is 9.84 Å². The van der Waals surface area contributed by atoms with Crippen molar-refractivity contribution < 1.29 is 13.2 Å². The zero-order valence-electron chi connectivity index (χ0n) is 8.93. The second kappa shape index (κ2) is 3.45. The molecule has 2 rings (SSSR count). The highest BCUT2D eigenvalue weighted by molar-refractivity contribution is 7.91. The van der Waals surface area contributed by atoms with E-state index in [1.807, 2.05) is 13.8 Å². The van der Waals surface area contributed by atoms with Crippen LogP contribution < -0.4 is 5.32 Å². The smallest absolute Gasteiger partial charge is 0.237 e. The largest absolute Gasteiger partial charge is 0.334 e. The topological polar surface area (TPSA) is 66.5 Å². The highest BCUT2D eigenvalue weighted by atomic mass is 32.2. The number of piperazine rings is 1. The first-order valence-corrected chi connectivity index (χ1v) is 6.98. The van der Waals surface area contributed by atoms with Crippen LogP contribution in [0.25, 0.3) is 0 Å². The van der Waals surface area contributed by atoms with Gasteiger partial charge in [0.1, 0.15) is 0 Å². The zero-order chi connectivity index (χ0) is 11.2. The van der Waals surface area contributed by atoms with Gasteiger partial charge in [-0.05, 0) is 13.8 Å². The number of fused-ring (bicyclic) bond motifs is 1. The molecule has 0 saturated carbocycles. The molecule has 0 aromatic carbocycles. The van der Waals surface area contributed by atoms with Gasteiger partial charge >= 0.3 is 0 Å². The molecular weight excluding hydrogens is 216 g/mol. The lowest BCUT2D eigenvalue weighted by Gasteiger charge is -2.39. The van der Waals surface area contributed by atoms with E-state index in [4.69, 9.17) is 0 Å². The van der Waals surface area contributed by atoms with E-state index in [2.05, 4.69) is 5.32 Å². The summed E-state index contributed by atoms with van der Waals surface area (Å²) in [4.78, 5) is 13.4. The Morgan fingerprint density at radius 1 is 1.40 bits per heavy atom. The summed E-state index contributed by atoms with van der Waals surface area (Å²) >= 11 is 0. The van der Waals surface area contributed by atoms with Crippen LogP contribution in [0.5, 0.6) is 0 Å². The highest BCUT2D eigenvalue weighted by Gasteiger charge is 2.46. The predicted octanol–water partition coefficient (Wildman–Crippen LogP) is -1.01. The van der Waals surface area contributed by atoms with Gasteiger partial charge < -0.3 is 10.2 Å². The lowest BCUT2D eigenvalue weighted by molar-refractivity contribution is -0.137. The van der Waals surface area contributed by atoms with Crippen LogP contribution in [0, 0.1) is 0 Å². The molecular formula is C9H16N2O3S. The van der Waals surface area contributed by atoms with E-state index in [1.54, 1.807) is 4.90 Å². The lowest BCUT2D eigenvalue weighted by Crippen LogP contribution is -2.62. The molecule has 0 aromatic heterocycles. The predicted molar refractivity (Wildman–Crippen MR) is 56.2 cm³/mol. The van der Waals surface area contributed by atoms with Crippen molar-refractivity contribution in [2.45, 2.75) is 32.0 Å². The average molecular weight is 232 g/mol. The van der Waals surface area contributed by atoms with Gasteiger partial charge in [0.2, 0.25) is 5.91 Å².